The van der Waals surface area contributed by atoms with Crippen LogP contribution in [-0.4, -0.2) is 23.1 Å². The average molecular weight is 347 g/mol. The van der Waals surface area contributed by atoms with Crippen LogP contribution in [0.5, 0.6) is 0 Å². The predicted octanol–water partition coefficient (Wildman–Crippen LogP) is 4.28. The largest absolute Gasteiger partial charge is 0.341 e. The summed E-state index contributed by atoms with van der Waals surface area (Å²) in [6, 6.07) is 10.0. The molecule has 3 rings (SSSR count). The summed E-state index contributed by atoms with van der Waals surface area (Å²) in [5.74, 6) is 1.68. The minimum absolute atomic E-state index is 0.837. The summed E-state index contributed by atoms with van der Waals surface area (Å²) in [6.07, 6.45) is 3.76. The Hall–Kier alpha value is -1.62. The van der Waals surface area contributed by atoms with Crippen molar-refractivity contribution >= 4 is 33.4 Å². The molecular formula is C16H19BrN4. The Balaban J connectivity index is 1.85. The number of aromatic nitrogens is 2. The number of benzene rings is 1. The van der Waals surface area contributed by atoms with Crippen LogP contribution in [0.15, 0.2) is 34.8 Å². The number of piperidine rings is 1. The van der Waals surface area contributed by atoms with Crippen molar-refractivity contribution in [3.63, 3.8) is 0 Å². The summed E-state index contributed by atoms with van der Waals surface area (Å²) in [4.78, 5) is 11.5. The molecular weight excluding hydrogens is 328 g/mol. The molecule has 1 saturated heterocycles. The van der Waals surface area contributed by atoms with Crippen LogP contribution in [0.1, 0.15) is 25.0 Å². The number of aryl methyl sites for hydroxylation is 1. The van der Waals surface area contributed by atoms with Gasteiger partial charge in [0, 0.05) is 29.3 Å². The summed E-state index contributed by atoms with van der Waals surface area (Å²) in [7, 11) is 0. The highest BCUT2D eigenvalue weighted by Gasteiger charge is 2.14. The van der Waals surface area contributed by atoms with Crippen molar-refractivity contribution in [2.45, 2.75) is 26.2 Å². The summed E-state index contributed by atoms with van der Waals surface area (Å²) in [5, 5.41) is 3.37. The van der Waals surface area contributed by atoms with Gasteiger partial charge in [-0.3, -0.25) is 0 Å². The summed E-state index contributed by atoms with van der Waals surface area (Å²) >= 11 is 3.55. The van der Waals surface area contributed by atoms with E-state index in [-0.39, 0.29) is 0 Å². The molecule has 1 N–H and O–H groups in total. The number of nitrogens with one attached hydrogen (secondary N) is 1. The molecule has 2 aromatic rings. The van der Waals surface area contributed by atoms with Crippen LogP contribution in [0.25, 0.3) is 0 Å². The number of hydrogen-bond acceptors (Lipinski definition) is 4. The van der Waals surface area contributed by atoms with Gasteiger partial charge in [-0.25, -0.2) is 4.98 Å². The Morgan fingerprint density at radius 1 is 1.10 bits per heavy atom. The second-order valence-electron chi connectivity index (χ2n) is 5.35. The quantitative estimate of drug-likeness (QED) is 0.900. The van der Waals surface area contributed by atoms with Gasteiger partial charge < -0.3 is 10.2 Å². The Morgan fingerprint density at radius 2 is 1.86 bits per heavy atom. The summed E-state index contributed by atoms with van der Waals surface area (Å²) in [6.45, 7) is 4.12. The van der Waals surface area contributed by atoms with Crippen molar-refractivity contribution in [1.82, 2.24) is 9.97 Å². The van der Waals surface area contributed by atoms with Crippen LogP contribution in [0.3, 0.4) is 0 Å². The van der Waals surface area contributed by atoms with E-state index in [1.165, 1.54) is 19.3 Å². The lowest BCUT2D eigenvalue weighted by atomic mass is 10.1. The van der Waals surface area contributed by atoms with E-state index < -0.39 is 0 Å². The summed E-state index contributed by atoms with van der Waals surface area (Å²) < 4.78 is 1.03. The minimum atomic E-state index is 0.837. The van der Waals surface area contributed by atoms with E-state index in [0.717, 1.165) is 40.7 Å². The third kappa shape index (κ3) is 3.53. The lowest BCUT2D eigenvalue weighted by Crippen LogP contribution is -2.31. The molecule has 0 unspecified atom stereocenters. The molecule has 0 radical (unpaired) electrons. The molecule has 1 aliphatic heterocycles. The number of hydrogen-bond donors (Lipinski definition) is 1. The highest BCUT2D eigenvalue weighted by atomic mass is 79.9. The zero-order chi connectivity index (χ0) is 14.7. The number of anilines is 3. The first kappa shape index (κ1) is 14.3. The van der Waals surface area contributed by atoms with Crippen molar-refractivity contribution in [3.05, 3.63) is 40.5 Å². The van der Waals surface area contributed by atoms with Crippen molar-refractivity contribution in [3.8, 4) is 0 Å². The van der Waals surface area contributed by atoms with Crippen LogP contribution in [0.2, 0.25) is 0 Å². The van der Waals surface area contributed by atoms with E-state index in [9.17, 15) is 0 Å². The second kappa shape index (κ2) is 6.43. The van der Waals surface area contributed by atoms with Gasteiger partial charge in [0.1, 0.15) is 5.82 Å². The second-order valence-corrected chi connectivity index (χ2v) is 6.20. The fourth-order valence-corrected chi connectivity index (χ4v) is 2.94. The van der Waals surface area contributed by atoms with E-state index in [2.05, 4.69) is 36.1 Å². The first-order valence-corrected chi connectivity index (χ1v) is 8.14. The normalized spacial score (nSPS) is 15.0. The van der Waals surface area contributed by atoms with E-state index in [1.54, 1.807) is 0 Å². The van der Waals surface area contributed by atoms with Gasteiger partial charge in [-0.15, -0.1) is 0 Å². The molecule has 110 valence electrons. The number of nitrogens with zero attached hydrogens (tertiary/aromatic N) is 3. The third-order valence-electron chi connectivity index (χ3n) is 3.62. The Kier molecular flexibility index (Phi) is 4.39. The molecule has 2 heterocycles. The first-order valence-electron chi connectivity index (χ1n) is 7.34. The fraction of sp³-hybridized carbons (Fsp3) is 0.375. The Bertz CT molecular complexity index is 623. The molecule has 4 nitrogen and oxygen atoms in total. The molecule has 0 spiro atoms. The smallest absolute Gasteiger partial charge is 0.227 e. The molecule has 5 heteroatoms. The lowest BCUT2D eigenvalue weighted by Gasteiger charge is -2.27. The van der Waals surface area contributed by atoms with Gasteiger partial charge in [0.05, 0.1) is 5.69 Å². The van der Waals surface area contributed by atoms with Crippen LogP contribution >= 0.6 is 15.9 Å². The van der Waals surface area contributed by atoms with Crippen molar-refractivity contribution in [1.29, 1.82) is 0 Å². The zero-order valence-electron chi connectivity index (χ0n) is 12.1. The maximum atomic E-state index is 4.68. The molecule has 1 aromatic heterocycles. The van der Waals surface area contributed by atoms with Crippen LogP contribution < -0.4 is 10.2 Å². The number of halogens is 1. The first-order chi connectivity index (χ1) is 10.2. The Labute approximate surface area is 133 Å². The van der Waals surface area contributed by atoms with Crippen molar-refractivity contribution in [2.24, 2.45) is 0 Å². The van der Waals surface area contributed by atoms with Crippen molar-refractivity contribution in [2.75, 3.05) is 23.3 Å². The molecule has 0 atom stereocenters. The van der Waals surface area contributed by atoms with Crippen molar-refractivity contribution < 1.29 is 0 Å². The van der Waals surface area contributed by atoms with Gasteiger partial charge in [0.25, 0.3) is 0 Å². The van der Waals surface area contributed by atoms with E-state index in [4.69, 9.17) is 0 Å². The zero-order valence-corrected chi connectivity index (χ0v) is 13.7. The van der Waals surface area contributed by atoms with Gasteiger partial charge in [0.2, 0.25) is 5.95 Å². The van der Waals surface area contributed by atoms with Gasteiger partial charge in [-0.2, -0.15) is 4.98 Å². The topological polar surface area (TPSA) is 41.1 Å². The molecule has 0 bridgehead atoms. The van der Waals surface area contributed by atoms with E-state index in [1.807, 2.05) is 37.3 Å². The maximum absolute atomic E-state index is 4.68. The highest BCUT2D eigenvalue weighted by Crippen LogP contribution is 2.26. The van der Waals surface area contributed by atoms with Crippen LogP contribution in [-0.2, 0) is 0 Å². The van der Waals surface area contributed by atoms with Gasteiger partial charge in [0.15, 0.2) is 0 Å². The SMILES string of the molecule is Cc1cc(Nc2ccccc2Br)nc(N2CCCCC2)n1. The lowest BCUT2D eigenvalue weighted by molar-refractivity contribution is 0.568. The van der Waals surface area contributed by atoms with Gasteiger partial charge >= 0.3 is 0 Å². The van der Waals surface area contributed by atoms with Gasteiger partial charge in [-0.1, -0.05) is 12.1 Å². The maximum Gasteiger partial charge on any atom is 0.227 e. The van der Waals surface area contributed by atoms with Crippen LogP contribution in [0.4, 0.5) is 17.5 Å². The molecule has 0 saturated carbocycles. The molecule has 0 aliphatic carbocycles. The predicted molar refractivity (Wildman–Crippen MR) is 90.3 cm³/mol. The number of rotatable bonds is 3. The monoisotopic (exact) mass is 346 g/mol. The third-order valence-corrected chi connectivity index (χ3v) is 4.31. The van der Waals surface area contributed by atoms with Crippen LogP contribution in [0, 0.1) is 6.92 Å². The average Bonchev–Trinajstić information content (AvgIpc) is 2.50. The summed E-state index contributed by atoms with van der Waals surface area (Å²) in [5.41, 5.74) is 2.00. The Morgan fingerprint density at radius 3 is 2.62 bits per heavy atom. The van der Waals surface area contributed by atoms with E-state index >= 15 is 0 Å². The molecule has 1 aromatic carbocycles. The molecule has 21 heavy (non-hydrogen) atoms. The fourth-order valence-electron chi connectivity index (χ4n) is 2.55. The van der Waals surface area contributed by atoms with Gasteiger partial charge in [-0.05, 0) is 54.2 Å². The standard InChI is InChI=1S/C16H19BrN4/c1-12-11-15(19-14-8-4-3-7-13(14)17)20-16(18-12)21-9-5-2-6-10-21/h3-4,7-8,11H,2,5-6,9-10H2,1H3,(H,18,19,20). The number of para-hydroxylation sites is 1. The molecule has 1 fully saturated rings. The molecule has 0 amide bonds. The van der Waals surface area contributed by atoms with E-state index in [0.29, 0.717) is 0 Å². The molecule has 1 aliphatic rings. The minimum Gasteiger partial charge on any atom is -0.341 e. The highest BCUT2D eigenvalue weighted by molar-refractivity contribution is 9.10.